The van der Waals surface area contributed by atoms with E-state index >= 15 is 0 Å². The lowest BCUT2D eigenvalue weighted by atomic mass is 10.3. The van der Waals surface area contributed by atoms with Gasteiger partial charge in [0.1, 0.15) is 5.82 Å². The van der Waals surface area contributed by atoms with Gasteiger partial charge >= 0.3 is 0 Å². The molecule has 0 aliphatic rings. The molecule has 2 nitrogen and oxygen atoms in total. The molecule has 96 valence electrons. The van der Waals surface area contributed by atoms with Crippen molar-refractivity contribution in [1.82, 2.24) is 4.98 Å². The Morgan fingerprint density at radius 1 is 1.26 bits per heavy atom. The molecule has 0 atom stereocenters. The topological polar surface area (TPSA) is 24.9 Å². The lowest BCUT2D eigenvalue weighted by Crippen LogP contribution is -1.90. The Labute approximate surface area is 126 Å². The van der Waals surface area contributed by atoms with Crippen molar-refractivity contribution in [2.24, 2.45) is 0 Å². The highest BCUT2D eigenvalue weighted by Gasteiger charge is 2.08. The number of nitrogens with one attached hydrogen (secondary N) is 1. The number of thiazole rings is 1. The van der Waals surface area contributed by atoms with Crippen LogP contribution in [0, 0.1) is 5.82 Å². The van der Waals surface area contributed by atoms with Crippen molar-refractivity contribution in [1.29, 1.82) is 0 Å². The van der Waals surface area contributed by atoms with E-state index in [1.54, 1.807) is 6.07 Å². The van der Waals surface area contributed by atoms with Gasteiger partial charge in [0.25, 0.3) is 0 Å². The van der Waals surface area contributed by atoms with Gasteiger partial charge in [-0.15, -0.1) is 0 Å². The first-order valence-electron chi connectivity index (χ1n) is 5.40. The van der Waals surface area contributed by atoms with Crippen molar-refractivity contribution >= 4 is 59.9 Å². The van der Waals surface area contributed by atoms with E-state index in [1.807, 2.05) is 18.2 Å². The third kappa shape index (κ3) is 2.59. The molecule has 0 aliphatic carbocycles. The zero-order valence-electron chi connectivity index (χ0n) is 9.45. The second-order valence-electron chi connectivity index (χ2n) is 3.86. The minimum atomic E-state index is -0.287. The Bertz CT molecular complexity index is 759. The molecule has 0 saturated carbocycles. The van der Waals surface area contributed by atoms with E-state index < -0.39 is 0 Å². The number of nitrogens with zero attached hydrogens (tertiary/aromatic N) is 1. The standard InChI is InChI=1S/C13H7BrClFN2S/c14-8-6-7(16)4-5-10(8)17-13-18-11-3-1-2-9(15)12(11)19-13/h1-6H,(H,17,18). The van der Waals surface area contributed by atoms with E-state index in [4.69, 9.17) is 11.6 Å². The molecule has 0 fully saturated rings. The molecule has 0 amide bonds. The van der Waals surface area contributed by atoms with Crippen LogP contribution >= 0.6 is 38.9 Å². The van der Waals surface area contributed by atoms with Crippen LogP contribution in [0.2, 0.25) is 5.02 Å². The molecular weight excluding hydrogens is 351 g/mol. The fourth-order valence-corrected chi connectivity index (χ4v) is 3.29. The van der Waals surface area contributed by atoms with Crippen molar-refractivity contribution in [3.8, 4) is 0 Å². The summed E-state index contributed by atoms with van der Waals surface area (Å²) in [7, 11) is 0. The first-order chi connectivity index (χ1) is 9.13. The van der Waals surface area contributed by atoms with Gasteiger partial charge in [0, 0.05) is 4.47 Å². The number of anilines is 2. The van der Waals surface area contributed by atoms with Gasteiger partial charge in [0.15, 0.2) is 5.13 Å². The molecule has 19 heavy (non-hydrogen) atoms. The average molecular weight is 358 g/mol. The Morgan fingerprint density at radius 2 is 2.11 bits per heavy atom. The SMILES string of the molecule is Fc1ccc(Nc2nc3cccc(Cl)c3s2)c(Br)c1. The molecule has 2 aromatic carbocycles. The van der Waals surface area contributed by atoms with Gasteiger partial charge in [-0.05, 0) is 46.3 Å². The van der Waals surface area contributed by atoms with E-state index in [0.717, 1.165) is 21.0 Å². The molecular formula is C13H7BrClFN2S. The zero-order valence-corrected chi connectivity index (χ0v) is 12.6. The fourth-order valence-electron chi connectivity index (χ4n) is 1.67. The Balaban J connectivity index is 1.99. The lowest BCUT2D eigenvalue weighted by Gasteiger charge is -2.04. The predicted molar refractivity (Wildman–Crippen MR) is 82.0 cm³/mol. The number of fused-ring (bicyclic) bond motifs is 1. The van der Waals surface area contributed by atoms with Crippen molar-refractivity contribution in [2.75, 3.05) is 5.32 Å². The minimum absolute atomic E-state index is 0.287. The molecule has 0 saturated heterocycles. The van der Waals surface area contributed by atoms with E-state index in [-0.39, 0.29) is 5.82 Å². The van der Waals surface area contributed by atoms with Gasteiger partial charge in [0.2, 0.25) is 0 Å². The van der Waals surface area contributed by atoms with Gasteiger partial charge in [-0.3, -0.25) is 0 Å². The highest BCUT2D eigenvalue weighted by molar-refractivity contribution is 9.10. The van der Waals surface area contributed by atoms with Gasteiger partial charge in [-0.25, -0.2) is 9.37 Å². The maximum absolute atomic E-state index is 13.0. The van der Waals surface area contributed by atoms with Gasteiger partial charge in [-0.1, -0.05) is 29.0 Å². The van der Waals surface area contributed by atoms with E-state index in [1.165, 1.54) is 23.5 Å². The van der Waals surface area contributed by atoms with E-state index in [2.05, 4.69) is 26.2 Å². The van der Waals surface area contributed by atoms with Crippen LogP contribution in [-0.4, -0.2) is 4.98 Å². The van der Waals surface area contributed by atoms with Gasteiger partial charge < -0.3 is 5.32 Å². The van der Waals surface area contributed by atoms with Crippen LogP contribution in [0.1, 0.15) is 0 Å². The summed E-state index contributed by atoms with van der Waals surface area (Å²) in [6, 6.07) is 10.1. The van der Waals surface area contributed by atoms with Crippen molar-refractivity contribution in [3.05, 3.63) is 51.7 Å². The largest absolute Gasteiger partial charge is 0.331 e. The van der Waals surface area contributed by atoms with E-state index in [9.17, 15) is 4.39 Å². The summed E-state index contributed by atoms with van der Waals surface area (Å²) in [5.41, 5.74) is 1.61. The fraction of sp³-hybridized carbons (Fsp3) is 0. The molecule has 1 aromatic heterocycles. The number of benzene rings is 2. The Morgan fingerprint density at radius 3 is 2.84 bits per heavy atom. The molecule has 3 aromatic rings. The molecule has 6 heteroatoms. The second-order valence-corrected chi connectivity index (χ2v) is 6.12. The summed E-state index contributed by atoms with van der Waals surface area (Å²) in [5, 5.41) is 4.55. The van der Waals surface area contributed by atoms with Crippen LogP contribution in [0.15, 0.2) is 40.9 Å². The number of rotatable bonds is 2. The first kappa shape index (κ1) is 12.8. The van der Waals surface area contributed by atoms with Crippen LogP contribution in [0.5, 0.6) is 0 Å². The third-order valence-corrected chi connectivity index (χ3v) is 4.64. The average Bonchev–Trinajstić information content (AvgIpc) is 2.77. The summed E-state index contributed by atoms with van der Waals surface area (Å²) in [6.07, 6.45) is 0. The summed E-state index contributed by atoms with van der Waals surface area (Å²) < 4.78 is 14.6. The maximum Gasteiger partial charge on any atom is 0.188 e. The van der Waals surface area contributed by atoms with E-state index in [0.29, 0.717) is 9.50 Å². The molecule has 0 unspecified atom stereocenters. The number of halogens is 3. The Kier molecular flexibility index (Phi) is 3.43. The predicted octanol–water partition coefficient (Wildman–Crippen LogP) is 5.59. The monoisotopic (exact) mass is 356 g/mol. The minimum Gasteiger partial charge on any atom is -0.331 e. The summed E-state index contributed by atoms with van der Waals surface area (Å²) in [6.45, 7) is 0. The molecule has 0 radical (unpaired) electrons. The number of hydrogen-bond donors (Lipinski definition) is 1. The number of aromatic nitrogens is 1. The normalized spacial score (nSPS) is 10.9. The number of hydrogen-bond acceptors (Lipinski definition) is 3. The van der Waals surface area contributed by atoms with Crippen LogP contribution in [0.4, 0.5) is 15.2 Å². The zero-order chi connectivity index (χ0) is 13.4. The summed E-state index contributed by atoms with van der Waals surface area (Å²) in [5.74, 6) is -0.287. The first-order valence-corrected chi connectivity index (χ1v) is 7.39. The van der Waals surface area contributed by atoms with Crippen molar-refractivity contribution in [3.63, 3.8) is 0 Å². The van der Waals surface area contributed by atoms with Crippen LogP contribution < -0.4 is 5.32 Å². The summed E-state index contributed by atoms with van der Waals surface area (Å²) in [4.78, 5) is 4.44. The Hall–Kier alpha value is -1.17. The van der Waals surface area contributed by atoms with Crippen LogP contribution in [0.25, 0.3) is 10.2 Å². The van der Waals surface area contributed by atoms with Gasteiger partial charge in [-0.2, -0.15) is 0 Å². The molecule has 1 heterocycles. The second kappa shape index (κ2) is 5.07. The highest BCUT2D eigenvalue weighted by Crippen LogP contribution is 2.34. The molecule has 0 aliphatic heterocycles. The van der Waals surface area contributed by atoms with Gasteiger partial charge in [0.05, 0.1) is 20.9 Å². The summed E-state index contributed by atoms with van der Waals surface area (Å²) >= 11 is 10.9. The van der Waals surface area contributed by atoms with Crippen LogP contribution in [-0.2, 0) is 0 Å². The smallest absolute Gasteiger partial charge is 0.188 e. The molecule has 0 bridgehead atoms. The highest BCUT2D eigenvalue weighted by atomic mass is 79.9. The molecule has 1 N–H and O–H groups in total. The van der Waals surface area contributed by atoms with Crippen LogP contribution in [0.3, 0.4) is 0 Å². The molecule has 0 spiro atoms. The molecule has 3 rings (SSSR count). The quantitative estimate of drug-likeness (QED) is 0.646. The lowest BCUT2D eigenvalue weighted by molar-refractivity contribution is 0.627. The third-order valence-electron chi connectivity index (χ3n) is 2.54. The van der Waals surface area contributed by atoms with Crippen molar-refractivity contribution in [2.45, 2.75) is 0 Å². The maximum atomic E-state index is 13.0. The van der Waals surface area contributed by atoms with Crippen molar-refractivity contribution < 1.29 is 4.39 Å².